The van der Waals surface area contributed by atoms with Gasteiger partial charge in [-0.3, -0.25) is 4.79 Å². The molecule has 0 saturated carbocycles. The molecule has 1 saturated heterocycles. The van der Waals surface area contributed by atoms with Crippen LogP contribution in [0, 0.1) is 5.92 Å². The number of hydrogen-bond donors (Lipinski definition) is 1. The van der Waals surface area contributed by atoms with Gasteiger partial charge < -0.3 is 14.9 Å². The third-order valence-electron chi connectivity index (χ3n) is 5.53. The highest BCUT2D eigenvalue weighted by atomic mass is 35.5. The minimum atomic E-state index is -4.45. The first kappa shape index (κ1) is 18.9. The molecule has 1 fully saturated rings. The lowest BCUT2D eigenvalue weighted by Crippen LogP contribution is -2.60. The summed E-state index contributed by atoms with van der Waals surface area (Å²) in [5.74, 6) is -1.77. The van der Waals surface area contributed by atoms with E-state index in [0.717, 1.165) is 17.8 Å². The van der Waals surface area contributed by atoms with Gasteiger partial charge in [-0.15, -0.1) is 0 Å². The lowest BCUT2D eigenvalue weighted by Gasteiger charge is -2.49. The highest BCUT2D eigenvalue weighted by molar-refractivity contribution is 6.30. The van der Waals surface area contributed by atoms with Crippen molar-refractivity contribution in [3.8, 4) is 0 Å². The van der Waals surface area contributed by atoms with Gasteiger partial charge in [0.15, 0.2) is 0 Å². The van der Waals surface area contributed by atoms with E-state index in [1.807, 2.05) is 23.1 Å². The molecule has 0 bridgehead atoms. The first-order chi connectivity index (χ1) is 13.2. The first-order valence-electron chi connectivity index (χ1n) is 8.94. The number of nitrogens with zero attached hydrogens (tertiary/aromatic N) is 2. The van der Waals surface area contributed by atoms with E-state index in [2.05, 4.69) is 4.90 Å². The molecule has 0 radical (unpaired) electrons. The molecule has 4 rings (SSSR count). The fourth-order valence-corrected chi connectivity index (χ4v) is 4.38. The molecular formula is C20H18ClF3N2O2. The Morgan fingerprint density at radius 2 is 1.93 bits per heavy atom. The summed E-state index contributed by atoms with van der Waals surface area (Å²) in [6, 6.07) is 10.7. The Morgan fingerprint density at radius 3 is 2.61 bits per heavy atom. The lowest BCUT2D eigenvalue weighted by atomic mass is 9.83. The summed E-state index contributed by atoms with van der Waals surface area (Å²) < 4.78 is 39.2. The van der Waals surface area contributed by atoms with Gasteiger partial charge >= 0.3 is 12.1 Å². The number of carboxylic acids is 1. The van der Waals surface area contributed by atoms with Crippen LogP contribution in [0.25, 0.3) is 0 Å². The number of alkyl halides is 3. The van der Waals surface area contributed by atoms with Crippen molar-refractivity contribution in [1.82, 2.24) is 0 Å². The molecule has 2 atom stereocenters. The molecule has 8 heteroatoms. The Hall–Kier alpha value is -2.41. The van der Waals surface area contributed by atoms with E-state index >= 15 is 0 Å². The highest BCUT2D eigenvalue weighted by Crippen LogP contribution is 2.40. The van der Waals surface area contributed by atoms with Crippen molar-refractivity contribution >= 4 is 28.9 Å². The van der Waals surface area contributed by atoms with Gasteiger partial charge in [0.25, 0.3) is 0 Å². The Kier molecular flexibility index (Phi) is 4.65. The van der Waals surface area contributed by atoms with E-state index in [-0.39, 0.29) is 12.5 Å². The van der Waals surface area contributed by atoms with Gasteiger partial charge in [0.2, 0.25) is 0 Å². The minimum Gasteiger partial charge on any atom is -0.481 e. The van der Waals surface area contributed by atoms with Crippen LogP contribution in [0.3, 0.4) is 0 Å². The SMILES string of the molecule is O=C(O)C1Cc2cc(C(F)(F)F)ccc2N2CCN(c3cccc(Cl)c3)CC12. The zero-order valence-corrected chi connectivity index (χ0v) is 15.5. The summed E-state index contributed by atoms with van der Waals surface area (Å²) in [6.45, 7) is 1.63. The van der Waals surface area contributed by atoms with Crippen LogP contribution >= 0.6 is 11.6 Å². The lowest BCUT2D eigenvalue weighted by molar-refractivity contribution is -0.142. The second-order valence-corrected chi connectivity index (χ2v) is 7.61. The maximum absolute atomic E-state index is 13.1. The maximum Gasteiger partial charge on any atom is 0.416 e. The Bertz CT molecular complexity index is 919. The molecule has 0 spiro atoms. The summed E-state index contributed by atoms with van der Waals surface area (Å²) >= 11 is 6.08. The largest absolute Gasteiger partial charge is 0.481 e. The molecule has 2 aliphatic rings. The smallest absolute Gasteiger partial charge is 0.416 e. The molecule has 2 aromatic rings. The molecule has 0 aliphatic carbocycles. The average Bonchev–Trinajstić information content (AvgIpc) is 2.65. The van der Waals surface area contributed by atoms with E-state index in [0.29, 0.717) is 35.9 Å². The molecule has 28 heavy (non-hydrogen) atoms. The predicted molar refractivity (Wildman–Crippen MR) is 101 cm³/mol. The standard InChI is InChI=1S/C20H18ClF3N2O2/c21-14-2-1-3-15(10-14)25-6-7-26-17-5-4-13(20(22,23)24)8-12(17)9-16(19(27)28)18(26)11-25/h1-5,8,10,16,18H,6-7,9,11H2,(H,27,28). The molecule has 4 nitrogen and oxygen atoms in total. The van der Waals surface area contributed by atoms with Gasteiger partial charge in [0.05, 0.1) is 17.5 Å². The number of hydrogen-bond acceptors (Lipinski definition) is 3. The average molecular weight is 411 g/mol. The van der Waals surface area contributed by atoms with Crippen molar-refractivity contribution in [3.05, 3.63) is 58.6 Å². The van der Waals surface area contributed by atoms with Crippen LogP contribution in [-0.4, -0.2) is 36.8 Å². The van der Waals surface area contributed by atoms with Gasteiger partial charge in [-0.25, -0.2) is 0 Å². The number of carboxylic acid groups (broad SMARTS) is 1. The van der Waals surface area contributed by atoms with Crippen molar-refractivity contribution < 1.29 is 23.1 Å². The fourth-order valence-electron chi connectivity index (χ4n) is 4.19. The van der Waals surface area contributed by atoms with Crippen molar-refractivity contribution in [2.75, 3.05) is 29.4 Å². The third-order valence-corrected chi connectivity index (χ3v) is 5.76. The maximum atomic E-state index is 13.1. The number of aliphatic carboxylic acids is 1. The highest BCUT2D eigenvalue weighted by Gasteiger charge is 2.42. The van der Waals surface area contributed by atoms with Gasteiger partial charge in [-0.1, -0.05) is 17.7 Å². The zero-order chi connectivity index (χ0) is 20.1. The Balaban J connectivity index is 1.68. The van der Waals surface area contributed by atoms with Crippen LogP contribution in [0.4, 0.5) is 24.5 Å². The predicted octanol–water partition coefficient (Wildman–Crippen LogP) is 4.31. The summed E-state index contributed by atoms with van der Waals surface area (Å²) in [6.07, 6.45) is -4.37. The number of piperazine rings is 1. The van der Waals surface area contributed by atoms with Crippen molar-refractivity contribution in [3.63, 3.8) is 0 Å². The third kappa shape index (κ3) is 3.39. The normalized spacial score (nSPS) is 21.9. The van der Waals surface area contributed by atoms with Gasteiger partial charge in [0, 0.05) is 36.0 Å². The molecule has 2 unspecified atom stereocenters. The second kappa shape index (κ2) is 6.88. The molecule has 148 valence electrons. The number of anilines is 2. The van der Waals surface area contributed by atoms with Crippen LogP contribution in [-0.2, 0) is 17.4 Å². The van der Waals surface area contributed by atoms with Crippen LogP contribution in [0.15, 0.2) is 42.5 Å². The quantitative estimate of drug-likeness (QED) is 0.801. The van der Waals surface area contributed by atoms with E-state index in [1.54, 1.807) is 6.07 Å². The van der Waals surface area contributed by atoms with Crippen molar-refractivity contribution in [2.45, 2.75) is 18.6 Å². The number of fused-ring (bicyclic) bond motifs is 3. The molecule has 2 aliphatic heterocycles. The topological polar surface area (TPSA) is 43.8 Å². The molecule has 0 aromatic heterocycles. The van der Waals surface area contributed by atoms with Crippen LogP contribution in [0.5, 0.6) is 0 Å². The number of rotatable bonds is 2. The first-order valence-corrected chi connectivity index (χ1v) is 9.32. The van der Waals surface area contributed by atoms with E-state index < -0.39 is 23.6 Å². The minimum absolute atomic E-state index is 0.0825. The van der Waals surface area contributed by atoms with E-state index in [4.69, 9.17) is 11.6 Å². The van der Waals surface area contributed by atoms with Gasteiger partial charge in [-0.2, -0.15) is 13.2 Å². The van der Waals surface area contributed by atoms with E-state index in [1.165, 1.54) is 6.07 Å². The molecule has 2 aromatic carbocycles. The Labute approximate surface area is 165 Å². The second-order valence-electron chi connectivity index (χ2n) is 7.18. The van der Waals surface area contributed by atoms with Crippen LogP contribution in [0.2, 0.25) is 5.02 Å². The Morgan fingerprint density at radius 1 is 1.14 bits per heavy atom. The number of halogens is 4. The van der Waals surface area contributed by atoms with Crippen LogP contribution < -0.4 is 9.80 Å². The zero-order valence-electron chi connectivity index (χ0n) is 14.8. The van der Waals surface area contributed by atoms with Crippen molar-refractivity contribution in [2.24, 2.45) is 5.92 Å². The van der Waals surface area contributed by atoms with E-state index in [9.17, 15) is 23.1 Å². The van der Waals surface area contributed by atoms with Gasteiger partial charge in [0.1, 0.15) is 0 Å². The summed E-state index contributed by atoms with van der Waals surface area (Å²) in [7, 11) is 0. The monoisotopic (exact) mass is 410 g/mol. The number of carbonyl (C=O) groups is 1. The van der Waals surface area contributed by atoms with Crippen LogP contribution in [0.1, 0.15) is 11.1 Å². The number of benzene rings is 2. The molecular weight excluding hydrogens is 393 g/mol. The molecule has 1 N–H and O–H groups in total. The molecule has 0 amide bonds. The fraction of sp³-hybridized carbons (Fsp3) is 0.350. The summed E-state index contributed by atoms with van der Waals surface area (Å²) in [5.41, 5.74) is 1.30. The molecule has 2 heterocycles. The summed E-state index contributed by atoms with van der Waals surface area (Å²) in [4.78, 5) is 15.9. The van der Waals surface area contributed by atoms with Crippen molar-refractivity contribution in [1.29, 1.82) is 0 Å². The summed E-state index contributed by atoms with van der Waals surface area (Å²) in [5, 5.41) is 10.3. The van der Waals surface area contributed by atoms with Gasteiger partial charge in [-0.05, 0) is 48.4 Å².